The summed E-state index contributed by atoms with van der Waals surface area (Å²) in [4.78, 5) is 14.5. The highest BCUT2D eigenvalue weighted by Gasteiger charge is 2.19. The molecule has 1 N–H and O–H groups in total. The van der Waals surface area contributed by atoms with Crippen LogP contribution in [-0.4, -0.2) is 24.9 Å². The maximum atomic E-state index is 11.8. The van der Waals surface area contributed by atoms with E-state index in [1.807, 2.05) is 20.8 Å². The molecule has 1 atom stereocenters. The van der Waals surface area contributed by atoms with Gasteiger partial charge in [0.25, 0.3) is 0 Å². The second-order valence-corrected chi connectivity index (χ2v) is 4.12. The Labute approximate surface area is 97.2 Å². The van der Waals surface area contributed by atoms with E-state index in [4.69, 9.17) is 5.53 Å². The van der Waals surface area contributed by atoms with E-state index in [0.29, 0.717) is 6.54 Å². The minimum absolute atomic E-state index is 0.0453. The van der Waals surface area contributed by atoms with Crippen LogP contribution in [0.4, 0.5) is 0 Å². The number of likely N-dealkylation sites (N-methyl/N-ethyl adjacent to an activating group) is 1. The molecule has 0 aliphatic heterocycles. The number of rotatable bonds is 9. The van der Waals surface area contributed by atoms with Crippen LogP contribution in [0, 0.1) is 5.92 Å². The highest BCUT2D eigenvalue weighted by molar-refractivity contribution is 5.85. The Morgan fingerprint density at radius 3 is 2.62 bits per heavy atom. The minimum atomic E-state index is -0.0453. The second kappa shape index (κ2) is 9.19. The number of nitrogens with one attached hydrogen (secondary N) is 1. The Bertz CT molecular complexity index is 246. The fraction of sp³-hybridized carbons (Fsp3) is 0.909. The summed E-state index contributed by atoms with van der Waals surface area (Å²) < 4.78 is 0. The van der Waals surface area contributed by atoms with Gasteiger partial charge in [0.05, 0.1) is 6.04 Å². The molecule has 0 radical (unpaired) electrons. The lowest BCUT2D eigenvalue weighted by Gasteiger charge is -2.18. The molecule has 5 heteroatoms. The van der Waals surface area contributed by atoms with Crippen LogP contribution < -0.4 is 5.32 Å². The Morgan fingerprint density at radius 2 is 2.12 bits per heavy atom. The van der Waals surface area contributed by atoms with Gasteiger partial charge in [0.2, 0.25) is 0 Å². The summed E-state index contributed by atoms with van der Waals surface area (Å²) >= 11 is 0. The molecule has 0 aromatic carbocycles. The molecule has 0 heterocycles. The molecule has 16 heavy (non-hydrogen) atoms. The van der Waals surface area contributed by atoms with Crippen LogP contribution in [0.5, 0.6) is 0 Å². The maximum absolute atomic E-state index is 11.8. The molecule has 0 amide bonds. The summed E-state index contributed by atoms with van der Waals surface area (Å²) in [5.41, 5.74) is 8.11. The van der Waals surface area contributed by atoms with Gasteiger partial charge < -0.3 is 5.32 Å². The molecule has 0 unspecified atom stereocenters. The van der Waals surface area contributed by atoms with Gasteiger partial charge >= 0.3 is 0 Å². The van der Waals surface area contributed by atoms with Crippen LogP contribution in [0.3, 0.4) is 0 Å². The fourth-order valence-electron chi connectivity index (χ4n) is 1.57. The van der Waals surface area contributed by atoms with Crippen LogP contribution in [0.2, 0.25) is 0 Å². The van der Waals surface area contributed by atoms with Crippen molar-refractivity contribution in [2.45, 2.75) is 46.1 Å². The number of nitrogens with zero attached hydrogens (tertiary/aromatic N) is 3. The first-order valence-electron chi connectivity index (χ1n) is 5.91. The molecule has 0 rings (SSSR count). The molecule has 0 saturated carbocycles. The van der Waals surface area contributed by atoms with Gasteiger partial charge in [-0.15, -0.1) is 0 Å². The minimum Gasteiger partial charge on any atom is -0.308 e. The first-order valence-corrected chi connectivity index (χ1v) is 5.91. The smallest absolute Gasteiger partial charge is 0.152 e. The molecular formula is C11H22N4O. The van der Waals surface area contributed by atoms with Crippen LogP contribution in [-0.2, 0) is 4.79 Å². The highest BCUT2D eigenvalue weighted by Crippen LogP contribution is 2.08. The van der Waals surface area contributed by atoms with Gasteiger partial charge in [-0.1, -0.05) is 32.3 Å². The third kappa shape index (κ3) is 6.43. The van der Waals surface area contributed by atoms with Crippen molar-refractivity contribution in [2.75, 3.05) is 13.1 Å². The number of ketones is 1. The van der Waals surface area contributed by atoms with E-state index >= 15 is 0 Å². The zero-order valence-electron chi connectivity index (χ0n) is 10.4. The lowest BCUT2D eigenvalue weighted by molar-refractivity contribution is -0.124. The number of Topliss-reactive ketones (excluding diaryl/α,β-unsaturated/α-hetero) is 1. The monoisotopic (exact) mass is 226 g/mol. The Morgan fingerprint density at radius 1 is 1.44 bits per heavy atom. The van der Waals surface area contributed by atoms with Crippen LogP contribution in [0.15, 0.2) is 5.11 Å². The molecule has 0 aromatic heterocycles. The second-order valence-electron chi connectivity index (χ2n) is 4.12. The number of hydrogen-bond acceptors (Lipinski definition) is 3. The summed E-state index contributed by atoms with van der Waals surface area (Å²) in [5.74, 6) is 0.340. The van der Waals surface area contributed by atoms with Gasteiger partial charge in [-0.3, -0.25) is 4.79 Å². The van der Waals surface area contributed by atoms with E-state index in [0.717, 1.165) is 25.8 Å². The highest BCUT2D eigenvalue weighted by atomic mass is 16.1. The van der Waals surface area contributed by atoms with Crippen LogP contribution >= 0.6 is 0 Å². The van der Waals surface area contributed by atoms with Gasteiger partial charge in [-0.05, 0) is 24.9 Å². The summed E-state index contributed by atoms with van der Waals surface area (Å²) in [6.45, 7) is 7.17. The van der Waals surface area contributed by atoms with Gasteiger partial charge in [0, 0.05) is 17.4 Å². The molecule has 5 nitrogen and oxygen atoms in total. The molecular weight excluding hydrogens is 204 g/mol. The molecule has 0 aliphatic carbocycles. The van der Waals surface area contributed by atoms with E-state index in [1.165, 1.54) is 0 Å². The number of carbonyl (C=O) groups is 1. The molecule has 0 aliphatic rings. The average Bonchev–Trinajstić information content (AvgIpc) is 2.26. The Hall–Kier alpha value is -1.06. The first kappa shape index (κ1) is 14.9. The van der Waals surface area contributed by atoms with Gasteiger partial charge in [0.1, 0.15) is 0 Å². The van der Waals surface area contributed by atoms with Crippen molar-refractivity contribution < 1.29 is 4.79 Å². The Kier molecular flexibility index (Phi) is 8.58. The standard InChI is InChI=1S/C11H22N4O/c1-4-13-10(11(16)9(2)3)7-5-6-8-14-15-12/h9-10,13H,4-8H2,1-3H3/t10-/m0/s1. The van der Waals surface area contributed by atoms with E-state index in [9.17, 15) is 4.79 Å². The summed E-state index contributed by atoms with van der Waals surface area (Å²) in [6, 6.07) is -0.0453. The zero-order valence-corrected chi connectivity index (χ0v) is 10.4. The van der Waals surface area contributed by atoms with E-state index in [2.05, 4.69) is 15.3 Å². The van der Waals surface area contributed by atoms with Gasteiger partial charge in [-0.25, -0.2) is 0 Å². The SMILES string of the molecule is CCN[C@@H](CCCCN=[N+]=[N-])C(=O)C(C)C. The zero-order chi connectivity index (χ0) is 12.4. The summed E-state index contributed by atoms with van der Waals surface area (Å²) in [7, 11) is 0. The lowest BCUT2D eigenvalue weighted by Crippen LogP contribution is -2.39. The maximum Gasteiger partial charge on any atom is 0.152 e. The molecule has 0 saturated heterocycles. The predicted octanol–water partition coefficient (Wildman–Crippen LogP) is 2.67. The number of carbonyl (C=O) groups excluding carboxylic acids is 1. The number of unbranched alkanes of at least 4 members (excludes halogenated alkanes) is 1. The summed E-state index contributed by atoms with van der Waals surface area (Å²) in [6.07, 6.45) is 2.58. The van der Waals surface area contributed by atoms with Crippen molar-refractivity contribution in [1.82, 2.24) is 5.32 Å². The van der Waals surface area contributed by atoms with Crippen molar-refractivity contribution >= 4 is 5.78 Å². The Balaban J connectivity index is 3.93. The van der Waals surface area contributed by atoms with Crippen molar-refractivity contribution in [2.24, 2.45) is 11.0 Å². The number of hydrogen-bond donors (Lipinski definition) is 1. The van der Waals surface area contributed by atoms with E-state index in [-0.39, 0.29) is 17.7 Å². The van der Waals surface area contributed by atoms with Crippen molar-refractivity contribution in [3.05, 3.63) is 10.4 Å². The molecule has 92 valence electrons. The molecule has 0 fully saturated rings. The van der Waals surface area contributed by atoms with E-state index < -0.39 is 0 Å². The first-order chi connectivity index (χ1) is 7.63. The fourth-order valence-corrected chi connectivity index (χ4v) is 1.57. The number of azide groups is 1. The van der Waals surface area contributed by atoms with Crippen molar-refractivity contribution in [1.29, 1.82) is 0 Å². The van der Waals surface area contributed by atoms with Crippen molar-refractivity contribution in [3.8, 4) is 0 Å². The topological polar surface area (TPSA) is 77.9 Å². The largest absolute Gasteiger partial charge is 0.308 e. The van der Waals surface area contributed by atoms with Crippen molar-refractivity contribution in [3.63, 3.8) is 0 Å². The molecule has 0 aromatic rings. The van der Waals surface area contributed by atoms with Crippen LogP contribution in [0.25, 0.3) is 10.4 Å². The van der Waals surface area contributed by atoms with Crippen LogP contribution in [0.1, 0.15) is 40.0 Å². The average molecular weight is 226 g/mol. The van der Waals surface area contributed by atoms with Gasteiger partial charge in [-0.2, -0.15) is 0 Å². The quantitative estimate of drug-likeness (QED) is 0.284. The molecule has 0 spiro atoms. The predicted molar refractivity (Wildman–Crippen MR) is 65.2 cm³/mol. The van der Waals surface area contributed by atoms with E-state index in [1.54, 1.807) is 0 Å². The normalized spacial score (nSPS) is 12.2. The van der Waals surface area contributed by atoms with Gasteiger partial charge in [0.15, 0.2) is 5.78 Å². The molecule has 0 bridgehead atoms. The third-order valence-electron chi connectivity index (χ3n) is 2.43. The third-order valence-corrected chi connectivity index (χ3v) is 2.43. The lowest BCUT2D eigenvalue weighted by atomic mass is 9.97. The summed E-state index contributed by atoms with van der Waals surface area (Å²) in [5, 5.41) is 6.67.